The Labute approximate surface area is 103 Å². The van der Waals surface area contributed by atoms with Crippen molar-refractivity contribution < 1.29 is 5.11 Å². The van der Waals surface area contributed by atoms with Crippen molar-refractivity contribution in [3.8, 4) is 0 Å². The molecule has 1 aromatic heterocycles. The maximum Gasteiger partial charge on any atom is 0.0624 e. The zero-order valence-corrected chi connectivity index (χ0v) is 10.8. The van der Waals surface area contributed by atoms with Gasteiger partial charge in [-0.15, -0.1) is 0 Å². The maximum atomic E-state index is 9.74. The quantitative estimate of drug-likeness (QED) is 0.864. The van der Waals surface area contributed by atoms with Crippen molar-refractivity contribution in [2.45, 2.75) is 39.0 Å². The third kappa shape index (κ3) is 1.90. The van der Waals surface area contributed by atoms with E-state index in [0.29, 0.717) is 6.61 Å². The number of nitrogens with zero attached hydrogens (tertiary/aromatic N) is 2. The summed E-state index contributed by atoms with van der Waals surface area (Å²) in [6.45, 7) is 2.48. The average Bonchev–Trinajstić information content (AvgIpc) is 2.79. The van der Waals surface area contributed by atoms with Gasteiger partial charge in [0.15, 0.2) is 0 Å². The Balaban J connectivity index is 1.78. The first-order chi connectivity index (χ1) is 8.15. The molecule has 0 aliphatic heterocycles. The molecule has 0 bridgehead atoms. The van der Waals surface area contributed by atoms with E-state index in [1.165, 1.54) is 30.7 Å². The van der Waals surface area contributed by atoms with Crippen LogP contribution < -0.4 is 0 Å². The normalized spacial score (nSPS) is 35.0. The minimum atomic E-state index is 0.159. The van der Waals surface area contributed by atoms with Gasteiger partial charge in [-0.1, -0.05) is 6.92 Å². The summed E-state index contributed by atoms with van der Waals surface area (Å²) in [7, 11) is 2.02. The highest BCUT2D eigenvalue weighted by Crippen LogP contribution is 2.60. The first kappa shape index (κ1) is 11.3. The number of aliphatic hydroxyl groups excluding tert-OH is 1. The predicted molar refractivity (Wildman–Crippen MR) is 66.6 cm³/mol. The zero-order valence-electron chi connectivity index (χ0n) is 10.8. The van der Waals surface area contributed by atoms with E-state index in [1.54, 1.807) is 0 Å². The molecule has 0 radical (unpaired) electrons. The molecular weight excluding hydrogens is 212 g/mol. The summed E-state index contributed by atoms with van der Waals surface area (Å²) in [6.07, 6.45) is 5.85. The standard InChI is InChI=1S/C14H22N2O/c1-3-12-5-13(16(2)15-12)8-14(9-17)6-10-4-11(10)7-14/h5,10-11,17H,3-4,6-9H2,1-2H3. The molecule has 1 heterocycles. The van der Waals surface area contributed by atoms with Gasteiger partial charge in [0.1, 0.15) is 0 Å². The van der Waals surface area contributed by atoms with Gasteiger partial charge in [0.2, 0.25) is 0 Å². The van der Waals surface area contributed by atoms with E-state index < -0.39 is 0 Å². The van der Waals surface area contributed by atoms with Crippen LogP contribution in [0.3, 0.4) is 0 Å². The Morgan fingerprint density at radius 2 is 2.18 bits per heavy atom. The van der Waals surface area contributed by atoms with Crippen molar-refractivity contribution in [3.05, 3.63) is 17.5 Å². The second-order valence-corrected chi connectivity index (χ2v) is 6.10. The van der Waals surface area contributed by atoms with Gasteiger partial charge >= 0.3 is 0 Å². The number of fused-ring (bicyclic) bond motifs is 1. The summed E-state index contributed by atoms with van der Waals surface area (Å²) in [5.41, 5.74) is 2.61. The maximum absolute atomic E-state index is 9.74. The fourth-order valence-corrected chi connectivity index (χ4v) is 3.63. The van der Waals surface area contributed by atoms with Gasteiger partial charge in [-0.2, -0.15) is 5.10 Å². The summed E-state index contributed by atoms with van der Waals surface area (Å²) < 4.78 is 2.00. The molecule has 1 aromatic rings. The number of rotatable bonds is 4. The lowest BCUT2D eigenvalue weighted by Gasteiger charge is -2.28. The van der Waals surface area contributed by atoms with Gasteiger partial charge in [0.05, 0.1) is 5.69 Å². The minimum Gasteiger partial charge on any atom is -0.396 e. The van der Waals surface area contributed by atoms with Crippen LogP contribution in [0.1, 0.15) is 37.6 Å². The summed E-state index contributed by atoms with van der Waals surface area (Å²) in [5, 5.41) is 14.2. The number of hydrogen-bond donors (Lipinski definition) is 1. The Morgan fingerprint density at radius 1 is 1.47 bits per heavy atom. The summed E-state index contributed by atoms with van der Waals surface area (Å²) >= 11 is 0. The smallest absolute Gasteiger partial charge is 0.0624 e. The Hall–Kier alpha value is -0.830. The van der Waals surface area contributed by atoms with Crippen LogP contribution >= 0.6 is 0 Å². The lowest BCUT2D eigenvalue weighted by molar-refractivity contribution is 0.115. The van der Waals surface area contributed by atoms with E-state index in [9.17, 15) is 5.11 Å². The van der Waals surface area contributed by atoms with E-state index in [1.807, 2.05) is 11.7 Å². The average molecular weight is 234 g/mol. The van der Waals surface area contributed by atoms with Crippen LogP contribution in [0.25, 0.3) is 0 Å². The van der Waals surface area contributed by atoms with E-state index in [-0.39, 0.29) is 5.41 Å². The molecule has 0 aromatic carbocycles. The highest BCUT2D eigenvalue weighted by atomic mass is 16.3. The summed E-state index contributed by atoms with van der Waals surface area (Å²) in [4.78, 5) is 0. The molecule has 2 aliphatic rings. The van der Waals surface area contributed by atoms with Crippen LogP contribution in [0.15, 0.2) is 6.07 Å². The lowest BCUT2D eigenvalue weighted by Crippen LogP contribution is -2.27. The lowest BCUT2D eigenvalue weighted by atomic mass is 9.79. The van der Waals surface area contributed by atoms with Crippen molar-refractivity contribution in [2.75, 3.05) is 6.61 Å². The Bertz CT molecular complexity index is 414. The van der Waals surface area contributed by atoms with Crippen molar-refractivity contribution >= 4 is 0 Å². The van der Waals surface area contributed by atoms with E-state index in [0.717, 1.165) is 24.7 Å². The summed E-state index contributed by atoms with van der Waals surface area (Å²) in [5.74, 6) is 1.84. The Morgan fingerprint density at radius 3 is 2.71 bits per heavy atom. The van der Waals surface area contributed by atoms with Crippen LogP contribution in [0, 0.1) is 17.3 Å². The number of hydrogen-bond acceptors (Lipinski definition) is 2. The molecule has 0 amide bonds. The molecule has 3 rings (SSSR count). The van der Waals surface area contributed by atoms with Gasteiger partial charge in [-0.3, -0.25) is 4.68 Å². The van der Waals surface area contributed by atoms with Gasteiger partial charge in [0, 0.05) is 19.3 Å². The van der Waals surface area contributed by atoms with E-state index in [2.05, 4.69) is 18.1 Å². The number of aliphatic hydroxyl groups is 1. The SMILES string of the molecule is CCc1cc(CC2(CO)CC3CC3C2)n(C)n1. The molecule has 2 aliphatic carbocycles. The molecule has 3 nitrogen and oxygen atoms in total. The van der Waals surface area contributed by atoms with Crippen LogP contribution in [0.5, 0.6) is 0 Å². The zero-order chi connectivity index (χ0) is 12.0. The molecule has 2 atom stereocenters. The van der Waals surface area contributed by atoms with Crippen molar-refractivity contribution in [3.63, 3.8) is 0 Å². The van der Waals surface area contributed by atoms with Crippen molar-refractivity contribution in [1.29, 1.82) is 0 Å². The molecule has 2 fully saturated rings. The second-order valence-electron chi connectivity index (χ2n) is 6.10. The van der Waals surface area contributed by atoms with Crippen LogP contribution in [-0.4, -0.2) is 21.5 Å². The number of aryl methyl sites for hydroxylation is 2. The molecule has 2 unspecified atom stereocenters. The van der Waals surface area contributed by atoms with Gasteiger partial charge in [-0.05, 0) is 55.4 Å². The monoisotopic (exact) mass is 234 g/mol. The van der Waals surface area contributed by atoms with Gasteiger partial charge in [0.25, 0.3) is 0 Å². The third-order valence-corrected chi connectivity index (χ3v) is 4.74. The largest absolute Gasteiger partial charge is 0.396 e. The van der Waals surface area contributed by atoms with Gasteiger partial charge in [-0.25, -0.2) is 0 Å². The molecule has 0 saturated heterocycles. The van der Waals surface area contributed by atoms with Gasteiger partial charge < -0.3 is 5.11 Å². The van der Waals surface area contributed by atoms with Crippen molar-refractivity contribution in [2.24, 2.45) is 24.3 Å². The number of aromatic nitrogens is 2. The molecule has 2 saturated carbocycles. The molecule has 0 spiro atoms. The third-order valence-electron chi connectivity index (χ3n) is 4.74. The predicted octanol–water partition coefficient (Wildman–Crippen LogP) is 1.93. The summed E-state index contributed by atoms with van der Waals surface area (Å²) in [6, 6.07) is 2.21. The first-order valence-corrected chi connectivity index (χ1v) is 6.78. The fourth-order valence-electron chi connectivity index (χ4n) is 3.63. The van der Waals surface area contributed by atoms with Crippen LogP contribution in [-0.2, 0) is 19.9 Å². The minimum absolute atomic E-state index is 0.159. The Kier molecular flexibility index (Phi) is 2.54. The van der Waals surface area contributed by atoms with E-state index >= 15 is 0 Å². The molecule has 1 N–H and O–H groups in total. The molecule has 94 valence electrons. The highest BCUT2D eigenvalue weighted by Gasteiger charge is 2.53. The second kappa shape index (κ2) is 3.84. The molecule has 17 heavy (non-hydrogen) atoms. The molecular formula is C14H22N2O. The van der Waals surface area contributed by atoms with Crippen molar-refractivity contribution in [1.82, 2.24) is 9.78 Å². The highest BCUT2D eigenvalue weighted by molar-refractivity contribution is 5.15. The first-order valence-electron chi connectivity index (χ1n) is 6.78. The van der Waals surface area contributed by atoms with Crippen LogP contribution in [0.2, 0.25) is 0 Å². The molecule has 3 heteroatoms. The fraction of sp³-hybridized carbons (Fsp3) is 0.786. The van der Waals surface area contributed by atoms with Crippen LogP contribution in [0.4, 0.5) is 0 Å². The topological polar surface area (TPSA) is 38.0 Å². The van der Waals surface area contributed by atoms with E-state index in [4.69, 9.17) is 0 Å².